The molecule has 35 heavy (non-hydrogen) atoms. The summed E-state index contributed by atoms with van der Waals surface area (Å²) in [5.74, 6) is -0.975. The van der Waals surface area contributed by atoms with E-state index < -0.39 is 33.4 Å². The number of rotatable bonds is 11. The Bertz CT molecular complexity index is 1180. The third-order valence-corrected chi connectivity index (χ3v) is 6.75. The number of sulfonamides is 1. The predicted molar refractivity (Wildman–Crippen MR) is 134 cm³/mol. The van der Waals surface area contributed by atoms with Crippen molar-refractivity contribution in [3.8, 4) is 0 Å². The van der Waals surface area contributed by atoms with E-state index in [2.05, 4.69) is 5.32 Å². The van der Waals surface area contributed by atoms with Gasteiger partial charge in [-0.3, -0.25) is 24.0 Å². The molecule has 0 unspecified atom stereocenters. The highest BCUT2D eigenvalue weighted by molar-refractivity contribution is 7.92. The molecular weight excluding hydrogens is 472 g/mol. The molecule has 1 N–H and O–H groups in total. The molecule has 2 aromatic rings. The lowest BCUT2D eigenvalue weighted by atomic mass is 10.1. The van der Waals surface area contributed by atoms with Gasteiger partial charge in [-0.2, -0.15) is 0 Å². The predicted octanol–water partition coefficient (Wildman–Crippen LogP) is 3.00. The Kier molecular flexibility index (Phi) is 9.35. The second kappa shape index (κ2) is 11.8. The summed E-state index contributed by atoms with van der Waals surface area (Å²) in [5, 5.41) is 14.0. The van der Waals surface area contributed by atoms with Crippen molar-refractivity contribution in [3.63, 3.8) is 0 Å². The smallest absolute Gasteiger partial charge is 0.271 e. The largest absolute Gasteiger partial charge is 0.352 e. The van der Waals surface area contributed by atoms with Crippen LogP contribution >= 0.6 is 0 Å². The molecule has 0 aliphatic carbocycles. The van der Waals surface area contributed by atoms with Gasteiger partial charge in [0.25, 0.3) is 5.69 Å². The van der Waals surface area contributed by atoms with Gasteiger partial charge in [-0.1, -0.05) is 42.8 Å². The minimum Gasteiger partial charge on any atom is -0.352 e. The Hall–Kier alpha value is -3.47. The van der Waals surface area contributed by atoms with Gasteiger partial charge in [-0.25, -0.2) is 8.42 Å². The van der Waals surface area contributed by atoms with Gasteiger partial charge in [-0.15, -0.1) is 0 Å². The maximum atomic E-state index is 13.5. The summed E-state index contributed by atoms with van der Waals surface area (Å²) in [4.78, 5) is 38.2. The van der Waals surface area contributed by atoms with Gasteiger partial charge in [0.2, 0.25) is 21.8 Å². The molecule has 2 aromatic carbocycles. The zero-order valence-corrected chi connectivity index (χ0v) is 21.4. The van der Waals surface area contributed by atoms with Crippen LogP contribution in [-0.4, -0.2) is 54.9 Å². The van der Waals surface area contributed by atoms with E-state index in [-0.39, 0.29) is 29.9 Å². The van der Waals surface area contributed by atoms with Crippen molar-refractivity contribution in [2.24, 2.45) is 0 Å². The number of non-ortho nitro benzene ring substituents is 1. The summed E-state index contributed by atoms with van der Waals surface area (Å²) in [6.07, 6.45) is 1.63. The highest BCUT2D eigenvalue weighted by Crippen LogP contribution is 2.24. The molecule has 0 aliphatic heterocycles. The average molecular weight is 505 g/mol. The van der Waals surface area contributed by atoms with E-state index in [0.29, 0.717) is 6.42 Å². The number of nitrogens with one attached hydrogen (secondary N) is 1. The lowest BCUT2D eigenvalue weighted by Crippen LogP contribution is -2.52. The van der Waals surface area contributed by atoms with Crippen LogP contribution < -0.4 is 9.62 Å². The molecule has 0 saturated carbocycles. The van der Waals surface area contributed by atoms with Crippen molar-refractivity contribution in [1.29, 1.82) is 0 Å². The summed E-state index contributed by atoms with van der Waals surface area (Å²) in [6, 6.07) is 11.5. The molecule has 0 spiro atoms. The minimum absolute atomic E-state index is 0.0118. The number of benzene rings is 2. The maximum absolute atomic E-state index is 13.5. The summed E-state index contributed by atoms with van der Waals surface area (Å²) < 4.78 is 25.9. The maximum Gasteiger partial charge on any atom is 0.271 e. The number of amides is 2. The molecule has 2 rings (SSSR count). The monoisotopic (exact) mass is 504 g/mol. The summed E-state index contributed by atoms with van der Waals surface area (Å²) in [5.41, 5.74) is 1.44. The number of hydrogen-bond donors (Lipinski definition) is 1. The second-order valence-electron chi connectivity index (χ2n) is 8.55. The van der Waals surface area contributed by atoms with Crippen LogP contribution in [0.5, 0.6) is 0 Å². The van der Waals surface area contributed by atoms with E-state index in [4.69, 9.17) is 0 Å². The number of nitrogens with zero attached hydrogens (tertiary/aromatic N) is 3. The first-order valence-electron chi connectivity index (χ1n) is 11.2. The standard InChI is InChI=1S/C24H32N4O6S/c1-6-18(3)25-24(30)19(4)26(15-20-10-7-9-17(2)13-20)23(29)16-27(35(5,33)34)21-11-8-12-22(14-21)28(31)32/h7-14,18-19H,6,15-16H2,1-5H3,(H,25,30)/t18-,19+/m0/s1. The number of anilines is 1. The van der Waals surface area contributed by atoms with Crippen LogP contribution in [0.2, 0.25) is 0 Å². The minimum atomic E-state index is -3.97. The Balaban J connectivity index is 2.43. The van der Waals surface area contributed by atoms with E-state index in [9.17, 15) is 28.1 Å². The normalized spacial score (nSPS) is 12.9. The lowest BCUT2D eigenvalue weighted by Gasteiger charge is -2.32. The number of nitro benzene ring substituents is 1. The van der Waals surface area contributed by atoms with Crippen molar-refractivity contribution in [2.75, 3.05) is 17.1 Å². The van der Waals surface area contributed by atoms with Crippen molar-refractivity contribution >= 4 is 33.2 Å². The lowest BCUT2D eigenvalue weighted by molar-refractivity contribution is -0.384. The van der Waals surface area contributed by atoms with Gasteiger partial charge in [0.05, 0.1) is 16.9 Å². The molecule has 190 valence electrons. The molecule has 11 heteroatoms. The van der Waals surface area contributed by atoms with Crippen LogP contribution in [0.1, 0.15) is 38.3 Å². The number of carbonyl (C=O) groups is 2. The summed E-state index contributed by atoms with van der Waals surface area (Å²) in [7, 11) is -3.97. The van der Waals surface area contributed by atoms with Gasteiger partial charge >= 0.3 is 0 Å². The Morgan fingerprint density at radius 2 is 1.77 bits per heavy atom. The van der Waals surface area contributed by atoms with E-state index in [1.54, 1.807) is 6.92 Å². The molecular formula is C24H32N4O6S. The topological polar surface area (TPSA) is 130 Å². The number of nitro groups is 1. The van der Waals surface area contributed by atoms with E-state index in [1.807, 2.05) is 45.0 Å². The number of hydrogen-bond acceptors (Lipinski definition) is 6. The van der Waals surface area contributed by atoms with Crippen LogP contribution in [0.4, 0.5) is 11.4 Å². The molecule has 0 saturated heterocycles. The molecule has 0 aromatic heterocycles. The molecule has 0 bridgehead atoms. The van der Waals surface area contributed by atoms with Crippen molar-refractivity contribution in [3.05, 3.63) is 69.8 Å². The van der Waals surface area contributed by atoms with Crippen LogP contribution in [0.25, 0.3) is 0 Å². The van der Waals surface area contributed by atoms with Gasteiger partial charge in [0, 0.05) is 24.7 Å². The zero-order valence-electron chi connectivity index (χ0n) is 20.6. The Morgan fingerprint density at radius 3 is 2.34 bits per heavy atom. The van der Waals surface area contributed by atoms with Crippen molar-refractivity contribution in [1.82, 2.24) is 10.2 Å². The Labute approximate surface area is 206 Å². The molecule has 0 fully saturated rings. The number of carbonyl (C=O) groups excluding carboxylic acids is 2. The third-order valence-electron chi connectivity index (χ3n) is 5.61. The van der Waals surface area contributed by atoms with Crippen LogP contribution in [0, 0.1) is 17.0 Å². The Morgan fingerprint density at radius 1 is 1.11 bits per heavy atom. The summed E-state index contributed by atoms with van der Waals surface area (Å²) >= 11 is 0. The van der Waals surface area contributed by atoms with E-state index in [0.717, 1.165) is 27.8 Å². The molecule has 10 nitrogen and oxygen atoms in total. The van der Waals surface area contributed by atoms with Gasteiger partial charge < -0.3 is 10.2 Å². The molecule has 0 heterocycles. The third kappa shape index (κ3) is 7.78. The fourth-order valence-electron chi connectivity index (χ4n) is 3.43. The van der Waals surface area contributed by atoms with Gasteiger partial charge in [-0.05, 0) is 38.8 Å². The average Bonchev–Trinajstić information content (AvgIpc) is 2.79. The first-order chi connectivity index (χ1) is 16.3. The molecule has 0 aliphatic rings. The number of aryl methyl sites for hydroxylation is 1. The second-order valence-corrected chi connectivity index (χ2v) is 10.5. The fourth-order valence-corrected chi connectivity index (χ4v) is 4.27. The summed E-state index contributed by atoms with van der Waals surface area (Å²) in [6.45, 7) is 6.74. The van der Waals surface area contributed by atoms with E-state index >= 15 is 0 Å². The van der Waals surface area contributed by atoms with E-state index in [1.165, 1.54) is 23.1 Å². The van der Waals surface area contributed by atoms with Gasteiger partial charge in [0.1, 0.15) is 12.6 Å². The highest BCUT2D eigenvalue weighted by Gasteiger charge is 2.31. The quantitative estimate of drug-likeness (QED) is 0.370. The van der Waals surface area contributed by atoms with Crippen molar-refractivity contribution < 1.29 is 22.9 Å². The zero-order chi connectivity index (χ0) is 26.3. The first kappa shape index (κ1) is 27.8. The molecule has 2 atom stereocenters. The highest BCUT2D eigenvalue weighted by atomic mass is 32.2. The van der Waals surface area contributed by atoms with Crippen molar-refractivity contribution in [2.45, 2.75) is 52.7 Å². The fraction of sp³-hybridized carbons (Fsp3) is 0.417. The van der Waals surface area contributed by atoms with Crippen LogP contribution in [-0.2, 0) is 26.2 Å². The SMILES string of the molecule is CC[C@H](C)NC(=O)[C@@H](C)N(Cc1cccc(C)c1)C(=O)CN(c1cccc([N+](=O)[O-])c1)S(C)(=O)=O. The van der Waals surface area contributed by atoms with Gasteiger partial charge in [0.15, 0.2) is 0 Å². The first-order valence-corrected chi connectivity index (χ1v) is 13.1. The molecule has 0 radical (unpaired) electrons. The van der Waals surface area contributed by atoms with Crippen LogP contribution in [0.15, 0.2) is 48.5 Å². The van der Waals surface area contributed by atoms with Crippen LogP contribution in [0.3, 0.4) is 0 Å². The molecule has 2 amide bonds.